The molecular weight excluding hydrogens is 280 g/mol. The Morgan fingerprint density at radius 3 is 2.75 bits per heavy atom. The van der Waals surface area contributed by atoms with Crippen molar-refractivity contribution in [1.29, 1.82) is 0 Å². The maximum Gasteiger partial charge on any atom is 0.226 e. The molecule has 7 nitrogen and oxygen atoms in total. The number of aryl methyl sites for hydroxylation is 2. The van der Waals surface area contributed by atoms with E-state index < -0.39 is 9.84 Å². The van der Waals surface area contributed by atoms with Crippen molar-refractivity contribution in [1.82, 2.24) is 15.1 Å². The average molecular weight is 300 g/mol. The van der Waals surface area contributed by atoms with E-state index in [1.807, 2.05) is 20.9 Å². The Bertz CT molecular complexity index is 621. The first-order valence-electron chi connectivity index (χ1n) is 6.52. The summed E-state index contributed by atoms with van der Waals surface area (Å²) in [7, 11) is -1.21. The predicted molar refractivity (Wildman–Crippen MR) is 76.4 cm³/mol. The van der Waals surface area contributed by atoms with E-state index in [1.165, 1.54) is 0 Å². The first kappa shape index (κ1) is 15.0. The first-order valence-corrected chi connectivity index (χ1v) is 8.34. The fraction of sp³-hybridized carbons (Fsp3) is 0.667. The van der Waals surface area contributed by atoms with Crippen molar-refractivity contribution in [3.8, 4) is 0 Å². The lowest BCUT2D eigenvalue weighted by Gasteiger charge is -2.23. The number of nitrogens with one attached hydrogen (secondary N) is 2. The molecule has 2 rings (SSSR count). The van der Waals surface area contributed by atoms with Gasteiger partial charge in [-0.05, 0) is 13.8 Å². The molecule has 112 valence electrons. The van der Waals surface area contributed by atoms with Gasteiger partial charge in [0.15, 0.2) is 9.84 Å². The van der Waals surface area contributed by atoms with Crippen LogP contribution < -0.4 is 10.6 Å². The molecule has 0 saturated carbocycles. The standard InChI is InChI=1S/C12H20N4O3S/c1-8-12(9(2)16(3)15-8)14-11(17)6-10-7-20(18,19)5-4-13-10/h10,13H,4-7H2,1-3H3,(H,14,17). The van der Waals surface area contributed by atoms with Crippen LogP contribution in [0.2, 0.25) is 0 Å². The molecule has 1 aliphatic heterocycles. The summed E-state index contributed by atoms with van der Waals surface area (Å²) in [5.74, 6) is -0.0315. The molecule has 1 amide bonds. The van der Waals surface area contributed by atoms with Gasteiger partial charge in [-0.2, -0.15) is 5.10 Å². The third kappa shape index (κ3) is 3.37. The van der Waals surface area contributed by atoms with E-state index in [-0.39, 0.29) is 29.9 Å². The van der Waals surface area contributed by atoms with Gasteiger partial charge in [0.25, 0.3) is 0 Å². The van der Waals surface area contributed by atoms with E-state index in [2.05, 4.69) is 15.7 Å². The van der Waals surface area contributed by atoms with E-state index in [1.54, 1.807) is 4.68 Å². The van der Waals surface area contributed by atoms with E-state index in [4.69, 9.17) is 0 Å². The van der Waals surface area contributed by atoms with Crippen LogP contribution >= 0.6 is 0 Å². The van der Waals surface area contributed by atoms with Gasteiger partial charge in [-0.25, -0.2) is 8.42 Å². The normalized spacial score (nSPS) is 21.6. The van der Waals surface area contributed by atoms with E-state index in [9.17, 15) is 13.2 Å². The molecule has 0 bridgehead atoms. The van der Waals surface area contributed by atoms with Gasteiger partial charge < -0.3 is 10.6 Å². The number of carbonyl (C=O) groups is 1. The van der Waals surface area contributed by atoms with Crippen molar-refractivity contribution in [2.75, 3.05) is 23.4 Å². The molecule has 1 saturated heterocycles. The molecular formula is C12H20N4O3S. The Labute approximate surface area is 118 Å². The third-order valence-corrected chi connectivity index (χ3v) is 5.24. The molecule has 1 aromatic rings. The summed E-state index contributed by atoms with van der Waals surface area (Å²) in [6.07, 6.45) is 0.146. The van der Waals surface area contributed by atoms with Crippen LogP contribution in [0, 0.1) is 13.8 Å². The Morgan fingerprint density at radius 1 is 1.50 bits per heavy atom. The minimum atomic E-state index is -3.02. The fourth-order valence-electron chi connectivity index (χ4n) is 2.37. The monoisotopic (exact) mass is 300 g/mol. The molecule has 1 fully saturated rings. The summed E-state index contributed by atoms with van der Waals surface area (Å²) < 4.78 is 24.8. The zero-order chi connectivity index (χ0) is 14.9. The highest BCUT2D eigenvalue weighted by molar-refractivity contribution is 7.91. The van der Waals surface area contributed by atoms with Gasteiger partial charge in [-0.1, -0.05) is 0 Å². The number of aromatic nitrogens is 2. The topological polar surface area (TPSA) is 93.1 Å². The highest BCUT2D eigenvalue weighted by Crippen LogP contribution is 2.18. The van der Waals surface area contributed by atoms with Gasteiger partial charge in [0.1, 0.15) is 0 Å². The SMILES string of the molecule is Cc1nn(C)c(C)c1NC(=O)CC1CS(=O)(=O)CCN1. The quantitative estimate of drug-likeness (QED) is 0.803. The van der Waals surface area contributed by atoms with Crippen molar-refractivity contribution in [2.24, 2.45) is 7.05 Å². The number of rotatable bonds is 3. The number of anilines is 1. The van der Waals surface area contributed by atoms with E-state index in [0.717, 1.165) is 11.4 Å². The molecule has 1 atom stereocenters. The van der Waals surface area contributed by atoms with Gasteiger partial charge in [-0.3, -0.25) is 9.48 Å². The number of amides is 1. The Morgan fingerprint density at radius 2 is 2.20 bits per heavy atom. The molecule has 0 spiro atoms. The van der Waals surface area contributed by atoms with Crippen LogP contribution in [-0.4, -0.2) is 48.2 Å². The van der Waals surface area contributed by atoms with Crippen molar-refractivity contribution >= 4 is 21.4 Å². The molecule has 1 unspecified atom stereocenters. The summed E-state index contributed by atoms with van der Waals surface area (Å²) in [5, 5.41) is 10.1. The molecule has 0 aliphatic carbocycles. The second-order valence-corrected chi connectivity index (χ2v) is 7.42. The minimum absolute atomic E-state index is 0.0193. The summed E-state index contributed by atoms with van der Waals surface area (Å²) in [4.78, 5) is 12.0. The van der Waals surface area contributed by atoms with Crippen LogP contribution in [0.3, 0.4) is 0 Å². The van der Waals surface area contributed by atoms with Gasteiger partial charge >= 0.3 is 0 Å². The third-order valence-electron chi connectivity index (χ3n) is 3.51. The number of sulfone groups is 1. The summed E-state index contributed by atoms with van der Waals surface area (Å²) in [6, 6.07) is -0.314. The zero-order valence-electron chi connectivity index (χ0n) is 11.9. The largest absolute Gasteiger partial charge is 0.323 e. The maximum atomic E-state index is 12.0. The number of hydrogen-bond acceptors (Lipinski definition) is 5. The van der Waals surface area contributed by atoms with E-state index in [0.29, 0.717) is 12.2 Å². The molecule has 8 heteroatoms. The van der Waals surface area contributed by atoms with Crippen LogP contribution in [0.25, 0.3) is 0 Å². The highest BCUT2D eigenvalue weighted by Gasteiger charge is 2.26. The Kier molecular flexibility index (Phi) is 4.14. The van der Waals surface area contributed by atoms with Gasteiger partial charge in [-0.15, -0.1) is 0 Å². The number of carbonyl (C=O) groups excluding carboxylic acids is 1. The lowest BCUT2D eigenvalue weighted by molar-refractivity contribution is -0.116. The number of nitrogens with zero attached hydrogens (tertiary/aromatic N) is 2. The maximum absolute atomic E-state index is 12.0. The molecule has 1 aromatic heterocycles. The van der Waals surface area contributed by atoms with Crippen molar-refractivity contribution < 1.29 is 13.2 Å². The van der Waals surface area contributed by atoms with Gasteiger partial charge in [0, 0.05) is 26.1 Å². The first-order chi connectivity index (χ1) is 9.28. The van der Waals surface area contributed by atoms with Crippen molar-refractivity contribution in [2.45, 2.75) is 26.3 Å². The smallest absolute Gasteiger partial charge is 0.226 e. The molecule has 0 aromatic carbocycles. The van der Waals surface area contributed by atoms with Crippen LogP contribution in [-0.2, 0) is 21.7 Å². The zero-order valence-corrected chi connectivity index (χ0v) is 12.7. The Balaban J connectivity index is 1.99. The molecule has 2 N–H and O–H groups in total. The van der Waals surface area contributed by atoms with Crippen LogP contribution in [0.5, 0.6) is 0 Å². The molecule has 2 heterocycles. The van der Waals surface area contributed by atoms with Gasteiger partial charge in [0.05, 0.1) is 28.6 Å². The van der Waals surface area contributed by atoms with Crippen molar-refractivity contribution in [3.05, 3.63) is 11.4 Å². The van der Waals surface area contributed by atoms with Crippen molar-refractivity contribution in [3.63, 3.8) is 0 Å². The second-order valence-electron chi connectivity index (χ2n) is 5.19. The van der Waals surface area contributed by atoms with Crippen LogP contribution in [0.1, 0.15) is 17.8 Å². The predicted octanol–water partition coefficient (Wildman–Crippen LogP) is -0.248. The summed E-state index contributed by atoms with van der Waals surface area (Å²) in [6.45, 7) is 4.11. The average Bonchev–Trinajstić information content (AvgIpc) is 2.54. The van der Waals surface area contributed by atoms with Crippen LogP contribution in [0.4, 0.5) is 5.69 Å². The second kappa shape index (κ2) is 5.53. The summed E-state index contributed by atoms with van der Waals surface area (Å²) in [5.41, 5.74) is 2.33. The fourth-order valence-corrected chi connectivity index (χ4v) is 3.81. The molecule has 1 aliphatic rings. The van der Waals surface area contributed by atoms with Gasteiger partial charge in [0.2, 0.25) is 5.91 Å². The minimum Gasteiger partial charge on any atom is -0.323 e. The summed E-state index contributed by atoms with van der Waals surface area (Å²) >= 11 is 0. The lowest BCUT2D eigenvalue weighted by Crippen LogP contribution is -2.46. The van der Waals surface area contributed by atoms with E-state index >= 15 is 0 Å². The Hall–Kier alpha value is -1.41. The lowest BCUT2D eigenvalue weighted by atomic mass is 10.2. The highest BCUT2D eigenvalue weighted by atomic mass is 32.2. The molecule has 20 heavy (non-hydrogen) atoms. The van der Waals surface area contributed by atoms with Crippen LogP contribution in [0.15, 0.2) is 0 Å². The number of hydrogen-bond donors (Lipinski definition) is 2. The molecule has 0 radical (unpaired) electrons.